The van der Waals surface area contributed by atoms with Gasteiger partial charge in [-0.2, -0.15) is 0 Å². The predicted octanol–water partition coefficient (Wildman–Crippen LogP) is 0.0654. The van der Waals surface area contributed by atoms with E-state index in [1.54, 1.807) is 0 Å². The van der Waals surface area contributed by atoms with E-state index in [0.717, 1.165) is 0 Å². The Morgan fingerprint density at radius 1 is 0.500 bits per heavy atom. The van der Waals surface area contributed by atoms with Crippen molar-refractivity contribution in [1.29, 1.82) is 0 Å². The molecule has 0 bridgehead atoms. The minimum atomic E-state index is 0. The Morgan fingerprint density at radius 3 is 0.500 bits per heavy atom. The first-order valence-corrected chi connectivity index (χ1v) is 0. The van der Waals surface area contributed by atoms with Crippen molar-refractivity contribution in [2.75, 3.05) is 0 Å². The average molecular weight is 362 g/mol. The summed E-state index contributed by atoms with van der Waals surface area (Å²) < 4.78 is 0. The van der Waals surface area contributed by atoms with Crippen molar-refractivity contribution in [2.24, 2.45) is 0 Å². The maximum absolute atomic E-state index is 0. The number of rotatable bonds is 0. The van der Waals surface area contributed by atoms with Gasteiger partial charge in [-0.05, 0) is 0 Å². The monoisotopic (exact) mass is 362 g/mol. The van der Waals surface area contributed by atoms with Gasteiger partial charge < -0.3 is 16.4 Å². The summed E-state index contributed by atoms with van der Waals surface area (Å²) in [5, 5.41) is 0. The van der Waals surface area contributed by atoms with Crippen LogP contribution < -0.4 is 0 Å². The molecule has 3 nitrogen and oxygen atoms in total. The van der Waals surface area contributed by atoms with Crippen molar-refractivity contribution < 1.29 is 87.6 Å². The molecule has 0 saturated carbocycles. The van der Waals surface area contributed by atoms with Crippen LogP contribution in [-0.2, 0) is 16.4 Å². The van der Waals surface area contributed by atoms with Gasteiger partial charge in [0.1, 0.15) is 0 Å². The molecule has 0 aromatic rings. The van der Waals surface area contributed by atoms with Crippen LogP contribution in [0.4, 0.5) is 0 Å². The molecule has 0 atom stereocenters. The Morgan fingerprint density at radius 2 is 0.500 bits per heavy atom. The van der Waals surface area contributed by atoms with Crippen LogP contribution in [0.3, 0.4) is 0 Å². The van der Waals surface area contributed by atoms with Gasteiger partial charge in [0, 0.05) is 0 Å². The second-order valence-electron chi connectivity index (χ2n) is 0. The molecule has 0 fully saturated rings. The summed E-state index contributed by atoms with van der Waals surface area (Å²) in [5.41, 5.74) is 0. The van der Waals surface area contributed by atoms with Crippen molar-refractivity contribution in [3.05, 3.63) is 0 Å². The Kier molecular flexibility index (Phi) is 618. The maximum Gasteiger partial charge on any atom is 3.00 e. The molecule has 0 aliphatic carbocycles. The topological polar surface area (TPSA) is 85.5 Å². The SMILES string of the molecule is Cl.[La+3].[La+3].[O-2].[O-2].[O-2]. The maximum atomic E-state index is 0. The first kappa shape index (κ1) is 74.7. The molecule has 0 N–H and O–H groups in total. The normalized spacial score (nSPS) is 0. The standard InChI is InChI=1S/ClH.2La.3O/h1H;;;;;/q;2*+3;3*-2. The summed E-state index contributed by atoms with van der Waals surface area (Å²) >= 11 is 0. The minimum Gasteiger partial charge on any atom is -2.00 e. The van der Waals surface area contributed by atoms with E-state index >= 15 is 0 Å². The van der Waals surface area contributed by atoms with Crippen LogP contribution in [0.25, 0.3) is 0 Å². The third kappa shape index (κ3) is 30.9. The number of halogens is 1. The van der Waals surface area contributed by atoms with E-state index in [1.807, 2.05) is 0 Å². The summed E-state index contributed by atoms with van der Waals surface area (Å²) in [5.74, 6) is 0. The van der Waals surface area contributed by atoms with Crippen molar-refractivity contribution in [1.82, 2.24) is 0 Å². The van der Waals surface area contributed by atoms with E-state index in [2.05, 4.69) is 0 Å². The van der Waals surface area contributed by atoms with Crippen molar-refractivity contribution in [3.8, 4) is 0 Å². The quantitative estimate of drug-likeness (QED) is 0.584. The Labute approximate surface area is 98.2 Å². The molecule has 0 aliphatic rings. The van der Waals surface area contributed by atoms with Crippen molar-refractivity contribution in [2.45, 2.75) is 0 Å². The molecule has 6 heavy (non-hydrogen) atoms. The zero-order valence-corrected chi connectivity index (χ0v) is 10.9. The average Bonchev–Trinajstić information content (AvgIpc) is 0. The molecule has 0 aromatic heterocycles. The van der Waals surface area contributed by atoms with Crippen LogP contribution >= 0.6 is 12.4 Å². The van der Waals surface area contributed by atoms with Crippen LogP contribution in [0.1, 0.15) is 0 Å². The molecule has 6 heteroatoms. The van der Waals surface area contributed by atoms with Gasteiger partial charge >= 0.3 is 71.2 Å². The van der Waals surface area contributed by atoms with Crippen LogP contribution in [0.5, 0.6) is 0 Å². The predicted molar refractivity (Wildman–Crippen MR) is 9.31 cm³/mol. The van der Waals surface area contributed by atoms with Gasteiger partial charge in [-0.1, -0.05) is 0 Å². The second-order valence-corrected chi connectivity index (χ2v) is 0. The third-order valence-electron chi connectivity index (χ3n) is 0. The van der Waals surface area contributed by atoms with Crippen LogP contribution in [0, 0.1) is 71.2 Å². The zero-order valence-electron chi connectivity index (χ0n) is 2.79. The number of hydrogen-bond acceptors (Lipinski definition) is 0. The van der Waals surface area contributed by atoms with Gasteiger partial charge in [0.05, 0.1) is 0 Å². The Bertz CT molecular complexity index is 8.75. The fourth-order valence-corrected chi connectivity index (χ4v) is 0. The van der Waals surface area contributed by atoms with Gasteiger partial charge in [0.15, 0.2) is 0 Å². The molecule has 0 spiro atoms. The summed E-state index contributed by atoms with van der Waals surface area (Å²) in [6.07, 6.45) is 0. The Balaban J connectivity index is 0. The Hall–Kier alpha value is 2.56. The minimum absolute atomic E-state index is 0. The molecule has 0 aliphatic heterocycles. The van der Waals surface area contributed by atoms with Crippen molar-refractivity contribution in [3.63, 3.8) is 0 Å². The van der Waals surface area contributed by atoms with E-state index < -0.39 is 0 Å². The molecule has 0 radical (unpaired) electrons. The summed E-state index contributed by atoms with van der Waals surface area (Å²) in [7, 11) is 0. The van der Waals surface area contributed by atoms with E-state index in [0.29, 0.717) is 0 Å². The fraction of sp³-hybridized carbons (Fsp3) is 0. The smallest absolute Gasteiger partial charge is 2.00 e. The van der Waals surface area contributed by atoms with Gasteiger partial charge in [0.2, 0.25) is 0 Å². The van der Waals surface area contributed by atoms with Crippen LogP contribution in [0.2, 0.25) is 0 Å². The van der Waals surface area contributed by atoms with E-state index in [9.17, 15) is 0 Å². The molecular formula is HClLa2O3. The summed E-state index contributed by atoms with van der Waals surface area (Å²) in [6.45, 7) is 0. The second kappa shape index (κ2) is 49.6. The largest absolute Gasteiger partial charge is 3.00 e. The molecular weight excluding hydrogens is 361 g/mol. The molecule has 0 aromatic carbocycles. The first-order valence-electron chi connectivity index (χ1n) is 0. The molecule has 0 amide bonds. The van der Waals surface area contributed by atoms with Crippen molar-refractivity contribution >= 4 is 12.4 Å². The van der Waals surface area contributed by atoms with E-state index in [1.165, 1.54) is 0 Å². The summed E-state index contributed by atoms with van der Waals surface area (Å²) in [6, 6.07) is 0. The van der Waals surface area contributed by atoms with Gasteiger partial charge in [0.25, 0.3) is 0 Å². The fourth-order valence-electron chi connectivity index (χ4n) is 0. The molecule has 0 saturated heterocycles. The van der Waals surface area contributed by atoms with Crippen LogP contribution in [0.15, 0.2) is 0 Å². The van der Waals surface area contributed by atoms with Gasteiger partial charge in [-0.25, -0.2) is 0 Å². The van der Waals surface area contributed by atoms with Crippen LogP contribution in [-0.4, -0.2) is 0 Å². The first-order chi connectivity index (χ1) is 0. The van der Waals surface area contributed by atoms with Gasteiger partial charge in [-0.3, -0.25) is 0 Å². The third-order valence-corrected chi connectivity index (χ3v) is 0. The molecule has 0 unspecified atom stereocenters. The van der Waals surface area contributed by atoms with E-state index in [4.69, 9.17) is 0 Å². The number of hydrogen-bond donors (Lipinski definition) is 0. The summed E-state index contributed by atoms with van der Waals surface area (Å²) in [4.78, 5) is 0. The van der Waals surface area contributed by atoms with Gasteiger partial charge in [-0.15, -0.1) is 12.4 Å². The zero-order chi connectivity index (χ0) is 0. The molecule has 32 valence electrons. The molecule has 0 rings (SSSR count). The molecule has 0 heterocycles. The van der Waals surface area contributed by atoms with E-state index in [-0.39, 0.29) is 100 Å².